The van der Waals surface area contributed by atoms with Crippen molar-refractivity contribution in [2.45, 2.75) is 38.5 Å². The summed E-state index contributed by atoms with van der Waals surface area (Å²) in [5, 5.41) is 0. The maximum Gasteiger partial charge on any atom is 0.136 e. The summed E-state index contributed by atoms with van der Waals surface area (Å²) in [5.74, 6) is 3.72. The van der Waals surface area contributed by atoms with Crippen molar-refractivity contribution in [2.24, 2.45) is 23.7 Å². The molecule has 66 valence electrons. The highest BCUT2D eigenvalue weighted by Crippen LogP contribution is 2.56. The summed E-state index contributed by atoms with van der Waals surface area (Å²) in [6.07, 6.45) is 7.61. The molecule has 0 saturated heterocycles. The van der Waals surface area contributed by atoms with Gasteiger partial charge in [-0.25, -0.2) is 0 Å². The van der Waals surface area contributed by atoms with E-state index in [0.717, 1.165) is 24.2 Å². The van der Waals surface area contributed by atoms with E-state index >= 15 is 0 Å². The monoisotopic (exact) mass is 164 g/mol. The lowest BCUT2D eigenvalue weighted by Crippen LogP contribution is -2.32. The van der Waals surface area contributed by atoms with Gasteiger partial charge in [-0.2, -0.15) is 0 Å². The molecule has 1 nitrogen and oxygen atoms in total. The summed E-state index contributed by atoms with van der Waals surface area (Å²) in [4.78, 5) is 11.7. The minimum absolute atomic E-state index is 0.525. The zero-order valence-corrected chi connectivity index (χ0v) is 7.46. The molecule has 3 aliphatic rings. The molecule has 0 N–H and O–H groups in total. The number of Topliss-reactive ketones (excluding diaryl/α,β-unsaturated/α-hetero) is 1. The van der Waals surface area contributed by atoms with Crippen LogP contribution < -0.4 is 0 Å². The molecule has 3 fully saturated rings. The number of carbonyl (C=O) groups excluding carboxylic acids is 1. The molecule has 2 bridgehead atoms. The van der Waals surface area contributed by atoms with Gasteiger partial charge in [0.15, 0.2) is 0 Å². The highest BCUT2D eigenvalue weighted by molar-refractivity contribution is 5.82. The predicted octanol–water partition coefficient (Wildman–Crippen LogP) is 2.40. The standard InChI is InChI=1S/C11H16O/c12-10-3-1-2-9-7-4-5-8(6-7)11(9)10/h7-9,11H,1-6H2/t7-,8+,9-,11+/m0/s1. The Hall–Kier alpha value is -0.330. The lowest BCUT2D eigenvalue weighted by Gasteiger charge is -2.33. The van der Waals surface area contributed by atoms with Gasteiger partial charge in [0, 0.05) is 12.3 Å². The number of carbonyl (C=O) groups is 1. The zero-order chi connectivity index (χ0) is 8.13. The second kappa shape index (κ2) is 2.34. The van der Waals surface area contributed by atoms with Crippen LogP contribution in [0.2, 0.25) is 0 Å². The first kappa shape index (κ1) is 7.11. The molecule has 3 rings (SSSR count). The van der Waals surface area contributed by atoms with Gasteiger partial charge in [0.25, 0.3) is 0 Å². The van der Waals surface area contributed by atoms with Gasteiger partial charge >= 0.3 is 0 Å². The quantitative estimate of drug-likeness (QED) is 0.537. The Kier molecular flexibility index (Phi) is 1.38. The topological polar surface area (TPSA) is 17.1 Å². The van der Waals surface area contributed by atoms with Crippen LogP contribution >= 0.6 is 0 Å². The molecule has 0 amide bonds. The van der Waals surface area contributed by atoms with Crippen LogP contribution in [-0.4, -0.2) is 5.78 Å². The normalized spacial score (nSPS) is 51.2. The van der Waals surface area contributed by atoms with Crippen LogP contribution in [0, 0.1) is 23.7 Å². The van der Waals surface area contributed by atoms with Crippen molar-refractivity contribution >= 4 is 5.78 Å². The summed E-state index contributed by atoms with van der Waals surface area (Å²) < 4.78 is 0. The Morgan fingerprint density at radius 2 is 1.92 bits per heavy atom. The smallest absolute Gasteiger partial charge is 0.136 e. The second-order valence-electron chi connectivity index (χ2n) is 4.88. The Morgan fingerprint density at radius 3 is 2.75 bits per heavy atom. The number of rotatable bonds is 0. The largest absolute Gasteiger partial charge is 0.299 e. The Balaban J connectivity index is 1.91. The zero-order valence-electron chi connectivity index (χ0n) is 7.46. The molecule has 0 aliphatic heterocycles. The molecule has 3 aliphatic carbocycles. The molecule has 0 aromatic heterocycles. The highest BCUT2D eigenvalue weighted by Gasteiger charge is 2.51. The minimum Gasteiger partial charge on any atom is -0.299 e. The van der Waals surface area contributed by atoms with E-state index in [1.165, 1.54) is 32.1 Å². The van der Waals surface area contributed by atoms with E-state index in [9.17, 15) is 4.79 Å². The molecule has 0 heterocycles. The van der Waals surface area contributed by atoms with Gasteiger partial charge in [-0.3, -0.25) is 4.79 Å². The minimum atomic E-state index is 0.525. The fraction of sp³-hybridized carbons (Fsp3) is 0.909. The summed E-state index contributed by atoms with van der Waals surface area (Å²) in [6, 6.07) is 0. The molecule has 4 atom stereocenters. The summed E-state index contributed by atoms with van der Waals surface area (Å²) >= 11 is 0. The van der Waals surface area contributed by atoms with E-state index in [1.807, 2.05) is 0 Å². The first-order valence-electron chi connectivity index (χ1n) is 5.39. The molecular weight excluding hydrogens is 148 g/mol. The van der Waals surface area contributed by atoms with Gasteiger partial charge in [-0.05, 0) is 49.9 Å². The molecule has 1 heteroatoms. The van der Waals surface area contributed by atoms with Gasteiger partial charge in [0.1, 0.15) is 5.78 Å². The van der Waals surface area contributed by atoms with Crippen molar-refractivity contribution in [1.82, 2.24) is 0 Å². The summed E-state index contributed by atoms with van der Waals surface area (Å²) in [7, 11) is 0. The molecule has 0 radical (unpaired) electrons. The molecule has 0 unspecified atom stereocenters. The molecule has 3 saturated carbocycles. The third kappa shape index (κ3) is 0.773. The maximum absolute atomic E-state index is 11.7. The van der Waals surface area contributed by atoms with E-state index in [4.69, 9.17) is 0 Å². The van der Waals surface area contributed by atoms with Crippen LogP contribution in [0.1, 0.15) is 38.5 Å². The molecular formula is C11H16O. The van der Waals surface area contributed by atoms with Crippen LogP contribution in [0.3, 0.4) is 0 Å². The summed E-state index contributed by atoms with van der Waals surface area (Å²) in [5.41, 5.74) is 0. The van der Waals surface area contributed by atoms with Gasteiger partial charge in [0.2, 0.25) is 0 Å². The third-order valence-electron chi connectivity index (χ3n) is 4.42. The van der Waals surface area contributed by atoms with E-state index in [2.05, 4.69) is 0 Å². The van der Waals surface area contributed by atoms with E-state index < -0.39 is 0 Å². The number of hydrogen-bond acceptors (Lipinski definition) is 1. The molecule has 12 heavy (non-hydrogen) atoms. The lowest BCUT2D eigenvalue weighted by molar-refractivity contribution is -0.128. The van der Waals surface area contributed by atoms with E-state index in [1.54, 1.807) is 0 Å². The van der Waals surface area contributed by atoms with Gasteiger partial charge in [0.05, 0.1) is 0 Å². The summed E-state index contributed by atoms with van der Waals surface area (Å²) in [6.45, 7) is 0. The SMILES string of the molecule is O=C1CCC[C@H]2[C@H]3CC[C@H](C3)[C@@H]12. The van der Waals surface area contributed by atoms with Gasteiger partial charge < -0.3 is 0 Å². The van der Waals surface area contributed by atoms with Gasteiger partial charge in [-0.1, -0.05) is 0 Å². The van der Waals surface area contributed by atoms with Crippen LogP contribution in [0.15, 0.2) is 0 Å². The Morgan fingerprint density at radius 1 is 1.08 bits per heavy atom. The number of ketones is 1. The maximum atomic E-state index is 11.7. The first-order valence-corrected chi connectivity index (χ1v) is 5.39. The fourth-order valence-electron chi connectivity index (χ4n) is 4.01. The average molecular weight is 164 g/mol. The fourth-order valence-corrected chi connectivity index (χ4v) is 4.01. The van der Waals surface area contributed by atoms with Crippen LogP contribution in [0.4, 0.5) is 0 Å². The van der Waals surface area contributed by atoms with E-state index in [0.29, 0.717) is 11.7 Å². The van der Waals surface area contributed by atoms with Crippen molar-refractivity contribution in [3.05, 3.63) is 0 Å². The first-order chi connectivity index (χ1) is 5.86. The van der Waals surface area contributed by atoms with Crippen LogP contribution in [-0.2, 0) is 4.79 Å². The van der Waals surface area contributed by atoms with Crippen molar-refractivity contribution in [3.63, 3.8) is 0 Å². The Bertz CT molecular complexity index is 221. The lowest BCUT2D eigenvalue weighted by atomic mass is 9.70. The molecule has 0 aromatic rings. The number of fused-ring (bicyclic) bond motifs is 5. The predicted molar refractivity (Wildman–Crippen MR) is 46.7 cm³/mol. The van der Waals surface area contributed by atoms with Crippen molar-refractivity contribution in [3.8, 4) is 0 Å². The van der Waals surface area contributed by atoms with E-state index in [-0.39, 0.29) is 0 Å². The van der Waals surface area contributed by atoms with Crippen molar-refractivity contribution in [1.29, 1.82) is 0 Å². The van der Waals surface area contributed by atoms with Crippen molar-refractivity contribution in [2.75, 3.05) is 0 Å². The second-order valence-corrected chi connectivity index (χ2v) is 4.88. The molecule has 0 spiro atoms. The van der Waals surface area contributed by atoms with Gasteiger partial charge in [-0.15, -0.1) is 0 Å². The van der Waals surface area contributed by atoms with Crippen LogP contribution in [0.5, 0.6) is 0 Å². The average Bonchev–Trinajstić information content (AvgIpc) is 2.64. The Labute approximate surface area is 73.5 Å². The highest BCUT2D eigenvalue weighted by atomic mass is 16.1. The van der Waals surface area contributed by atoms with Crippen LogP contribution in [0.25, 0.3) is 0 Å². The van der Waals surface area contributed by atoms with Crippen molar-refractivity contribution < 1.29 is 4.79 Å². The number of hydrogen-bond donors (Lipinski definition) is 0. The molecule has 0 aromatic carbocycles. The third-order valence-corrected chi connectivity index (χ3v) is 4.42.